The molecule has 3 aromatic rings. The number of Topliss-reactive ketones (excluding diaryl/α,β-unsaturated/α-hetero) is 1. The van der Waals surface area contributed by atoms with Gasteiger partial charge in [0.15, 0.2) is 12.4 Å². The molecule has 0 fully saturated rings. The van der Waals surface area contributed by atoms with E-state index in [1.807, 2.05) is 42.5 Å². The van der Waals surface area contributed by atoms with E-state index in [0.717, 1.165) is 29.7 Å². The van der Waals surface area contributed by atoms with Crippen LogP contribution in [0.3, 0.4) is 0 Å². The van der Waals surface area contributed by atoms with E-state index in [1.54, 1.807) is 0 Å². The number of benzene rings is 2. The normalized spacial score (nSPS) is 15.4. The van der Waals surface area contributed by atoms with Gasteiger partial charge in [0.05, 0.1) is 6.20 Å². The molecule has 1 aromatic heterocycles. The van der Waals surface area contributed by atoms with E-state index in [2.05, 4.69) is 15.8 Å². The minimum absolute atomic E-state index is 0.0248. The molecule has 0 bridgehead atoms. The number of fused-ring (bicyclic) bond motifs is 1. The summed E-state index contributed by atoms with van der Waals surface area (Å²) in [6.07, 6.45) is 3.60. The molecule has 2 aromatic carbocycles. The molecular formula is C23H21NO5. The molecule has 0 spiro atoms. The van der Waals surface area contributed by atoms with Crippen molar-refractivity contribution < 1.29 is 23.5 Å². The Morgan fingerprint density at radius 1 is 1.14 bits per heavy atom. The number of ether oxygens (including phenoxy) is 2. The highest BCUT2D eigenvalue weighted by atomic mass is 16.5. The van der Waals surface area contributed by atoms with Crippen LogP contribution in [0.2, 0.25) is 0 Å². The quantitative estimate of drug-likeness (QED) is 0.428. The zero-order chi connectivity index (χ0) is 20.1. The number of hydrogen-bond donors (Lipinski definition) is 0. The lowest BCUT2D eigenvalue weighted by Gasteiger charge is -2.23. The molecule has 0 N–H and O–H groups in total. The first-order valence-electron chi connectivity index (χ1n) is 9.55. The standard InChI is InChI=1S/C23H21NO5/c25-15-27-14-21-12-24-23(29-21)22(26)19-7-6-18-11-20(9-8-17(18)10-19)28-13-16-4-2-1-3-5-16/h1-5,8-9,11-12,15,19H,6-7,10,13-14H2. The second-order valence-corrected chi connectivity index (χ2v) is 7.05. The summed E-state index contributed by atoms with van der Waals surface area (Å²) in [4.78, 5) is 27.0. The molecule has 4 rings (SSSR count). The molecule has 0 saturated carbocycles. The molecule has 6 heteroatoms. The van der Waals surface area contributed by atoms with E-state index in [1.165, 1.54) is 11.8 Å². The number of aromatic nitrogens is 1. The third-order valence-corrected chi connectivity index (χ3v) is 5.08. The molecule has 1 aliphatic carbocycles. The van der Waals surface area contributed by atoms with Crippen molar-refractivity contribution in [1.82, 2.24) is 4.98 Å². The molecule has 0 amide bonds. The summed E-state index contributed by atoms with van der Waals surface area (Å²) in [5, 5.41) is 0. The van der Waals surface area contributed by atoms with E-state index in [0.29, 0.717) is 25.3 Å². The van der Waals surface area contributed by atoms with Gasteiger partial charge in [-0.05, 0) is 48.1 Å². The van der Waals surface area contributed by atoms with E-state index in [-0.39, 0.29) is 24.2 Å². The number of oxazole rings is 1. The van der Waals surface area contributed by atoms with Gasteiger partial charge in [0.1, 0.15) is 12.4 Å². The van der Waals surface area contributed by atoms with E-state index < -0.39 is 0 Å². The second kappa shape index (κ2) is 8.73. The van der Waals surface area contributed by atoms with E-state index in [4.69, 9.17) is 9.15 Å². The van der Waals surface area contributed by atoms with Crippen LogP contribution in [0.5, 0.6) is 5.75 Å². The highest BCUT2D eigenvalue weighted by Gasteiger charge is 2.28. The van der Waals surface area contributed by atoms with Crippen LogP contribution in [0.15, 0.2) is 59.1 Å². The van der Waals surface area contributed by atoms with Crippen LogP contribution in [0.1, 0.15) is 39.6 Å². The zero-order valence-corrected chi connectivity index (χ0v) is 15.9. The van der Waals surface area contributed by atoms with Crippen molar-refractivity contribution in [2.45, 2.75) is 32.5 Å². The van der Waals surface area contributed by atoms with Crippen LogP contribution in [0, 0.1) is 5.92 Å². The molecule has 1 unspecified atom stereocenters. The lowest BCUT2D eigenvalue weighted by molar-refractivity contribution is -0.130. The summed E-state index contributed by atoms with van der Waals surface area (Å²) in [5.74, 6) is 0.988. The SMILES string of the molecule is O=COCc1cnc(C(=O)C2CCc3cc(OCc4ccccc4)ccc3C2)o1. The summed E-state index contributed by atoms with van der Waals surface area (Å²) in [7, 11) is 0. The number of hydrogen-bond acceptors (Lipinski definition) is 6. The maximum atomic E-state index is 12.7. The highest BCUT2D eigenvalue weighted by Crippen LogP contribution is 2.30. The predicted molar refractivity (Wildman–Crippen MR) is 104 cm³/mol. The van der Waals surface area contributed by atoms with E-state index in [9.17, 15) is 9.59 Å². The van der Waals surface area contributed by atoms with Gasteiger partial charge in [-0.3, -0.25) is 9.59 Å². The van der Waals surface area contributed by atoms with Crippen molar-refractivity contribution in [3.8, 4) is 5.75 Å². The zero-order valence-electron chi connectivity index (χ0n) is 15.9. The van der Waals surface area contributed by atoms with Crippen LogP contribution in [0.25, 0.3) is 0 Å². The third kappa shape index (κ3) is 4.54. The van der Waals surface area contributed by atoms with Gasteiger partial charge in [0.2, 0.25) is 5.78 Å². The summed E-state index contributed by atoms with van der Waals surface area (Å²) in [6, 6.07) is 16.1. The monoisotopic (exact) mass is 391 g/mol. The van der Waals surface area contributed by atoms with Gasteiger partial charge in [-0.25, -0.2) is 4.98 Å². The molecule has 148 valence electrons. The van der Waals surface area contributed by atoms with Crippen LogP contribution in [-0.2, 0) is 35.6 Å². The minimum atomic E-state index is -0.169. The smallest absolute Gasteiger partial charge is 0.293 e. The van der Waals surface area contributed by atoms with Crippen LogP contribution < -0.4 is 4.74 Å². The fourth-order valence-electron chi connectivity index (χ4n) is 3.56. The number of aryl methyl sites for hydroxylation is 1. The van der Waals surface area contributed by atoms with Crippen LogP contribution in [0.4, 0.5) is 0 Å². The van der Waals surface area contributed by atoms with Gasteiger partial charge in [-0.1, -0.05) is 36.4 Å². The van der Waals surface area contributed by atoms with Gasteiger partial charge in [-0.15, -0.1) is 0 Å². The Balaban J connectivity index is 1.39. The molecule has 0 radical (unpaired) electrons. The van der Waals surface area contributed by atoms with Crippen molar-refractivity contribution in [1.29, 1.82) is 0 Å². The molecule has 1 atom stereocenters. The number of carbonyl (C=O) groups is 2. The van der Waals surface area contributed by atoms with Crippen LogP contribution in [-0.4, -0.2) is 17.2 Å². The van der Waals surface area contributed by atoms with Crippen LogP contribution >= 0.6 is 0 Å². The van der Waals surface area contributed by atoms with Crippen molar-refractivity contribution in [2.24, 2.45) is 5.92 Å². The Bertz CT molecular complexity index is 996. The first kappa shape index (κ1) is 18.9. The van der Waals surface area contributed by atoms with Crippen molar-refractivity contribution in [2.75, 3.05) is 0 Å². The van der Waals surface area contributed by atoms with E-state index >= 15 is 0 Å². The molecule has 1 heterocycles. The first-order valence-corrected chi connectivity index (χ1v) is 9.55. The Labute approximate surface area is 168 Å². The molecule has 29 heavy (non-hydrogen) atoms. The Morgan fingerprint density at radius 3 is 2.83 bits per heavy atom. The lowest BCUT2D eigenvalue weighted by atomic mass is 9.81. The summed E-state index contributed by atoms with van der Waals surface area (Å²) in [5.41, 5.74) is 3.49. The largest absolute Gasteiger partial charge is 0.489 e. The number of carbonyl (C=O) groups excluding carboxylic acids is 2. The topological polar surface area (TPSA) is 78.6 Å². The maximum Gasteiger partial charge on any atom is 0.293 e. The van der Waals surface area contributed by atoms with Gasteiger partial charge in [0.25, 0.3) is 12.4 Å². The Kier molecular flexibility index (Phi) is 5.70. The van der Waals surface area contributed by atoms with Crippen molar-refractivity contribution in [3.05, 3.63) is 83.1 Å². The average molecular weight is 391 g/mol. The molecule has 0 saturated heterocycles. The summed E-state index contributed by atoms with van der Waals surface area (Å²) >= 11 is 0. The highest BCUT2D eigenvalue weighted by molar-refractivity contribution is 5.94. The molecule has 1 aliphatic rings. The average Bonchev–Trinajstić information content (AvgIpc) is 3.25. The molecule has 0 aliphatic heterocycles. The number of rotatable bonds is 8. The third-order valence-electron chi connectivity index (χ3n) is 5.08. The number of ketones is 1. The molecular weight excluding hydrogens is 370 g/mol. The minimum Gasteiger partial charge on any atom is -0.489 e. The van der Waals surface area contributed by atoms with Gasteiger partial charge >= 0.3 is 0 Å². The number of nitrogens with zero attached hydrogens (tertiary/aromatic N) is 1. The van der Waals surface area contributed by atoms with Crippen molar-refractivity contribution >= 4 is 12.3 Å². The van der Waals surface area contributed by atoms with Gasteiger partial charge < -0.3 is 13.9 Å². The van der Waals surface area contributed by atoms with Gasteiger partial charge in [-0.2, -0.15) is 0 Å². The Hall–Kier alpha value is -3.41. The predicted octanol–water partition coefficient (Wildman–Crippen LogP) is 3.91. The fraction of sp³-hybridized carbons (Fsp3) is 0.261. The molecule has 6 nitrogen and oxygen atoms in total. The summed E-state index contributed by atoms with van der Waals surface area (Å²) in [6.45, 7) is 0.837. The van der Waals surface area contributed by atoms with Crippen molar-refractivity contribution in [3.63, 3.8) is 0 Å². The lowest BCUT2D eigenvalue weighted by Crippen LogP contribution is -2.23. The Morgan fingerprint density at radius 2 is 2.00 bits per heavy atom. The second-order valence-electron chi connectivity index (χ2n) is 7.05. The van der Waals surface area contributed by atoms with Gasteiger partial charge in [0, 0.05) is 5.92 Å². The maximum absolute atomic E-state index is 12.7. The summed E-state index contributed by atoms with van der Waals surface area (Å²) < 4.78 is 16.0. The first-order chi connectivity index (χ1) is 14.2. The fourth-order valence-corrected chi connectivity index (χ4v) is 3.56.